The predicted octanol–water partition coefficient (Wildman–Crippen LogP) is 4.15. The number of halogens is 1. The number of carbonyl (C=O) groups excluding carboxylic acids is 2. The van der Waals surface area contributed by atoms with Gasteiger partial charge in [0.05, 0.1) is 30.0 Å². The summed E-state index contributed by atoms with van der Waals surface area (Å²) in [7, 11) is 0. The molecule has 1 heterocycles. The molecule has 7 heteroatoms. The van der Waals surface area contributed by atoms with E-state index in [0.717, 1.165) is 0 Å². The topological polar surface area (TPSA) is 81.4 Å². The average molecular weight is 382 g/mol. The number of benzene rings is 2. The van der Waals surface area contributed by atoms with Gasteiger partial charge in [0, 0.05) is 5.56 Å². The summed E-state index contributed by atoms with van der Waals surface area (Å²) in [5, 5.41) is 2.71. The highest BCUT2D eigenvalue weighted by atomic mass is 19.1. The van der Waals surface area contributed by atoms with Crippen molar-refractivity contribution in [2.24, 2.45) is 0 Å². The fourth-order valence-electron chi connectivity index (χ4n) is 2.63. The van der Waals surface area contributed by atoms with E-state index in [2.05, 4.69) is 10.3 Å². The number of para-hydroxylation sites is 1. The van der Waals surface area contributed by atoms with Crippen molar-refractivity contribution >= 4 is 17.6 Å². The highest BCUT2D eigenvalue weighted by molar-refractivity contribution is 6.01. The maximum absolute atomic E-state index is 13.1. The van der Waals surface area contributed by atoms with Gasteiger partial charge in [0.15, 0.2) is 0 Å². The van der Waals surface area contributed by atoms with E-state index in [4.69, 9.17) is 9.15 Å². The van der Waals surface area contributed by atoms with Crippen LogP contribution in [0.1, 0.15) is 28.7 Å². The van der Waals surface area contributed by atoms with Gasteiger partial charge in [-0.25, -0.2) is 14.2 Å². The Bertz CT molecular complexity index is 996. The van der Waals surface area contributed by atoms with Gasteiger partial charge >= 0.3 is 5.97 Å². The van der Waals surface area contributed by atoms with Crippen LogP contribution in [0.25, 0.3) is 11.5 Å². The highest BCUT2D eigenvalue weighted by Gasteiger charge is 2.17. The number of anilines is 1. The fraction of sp³-hybridized carbons (Fsp3) is 0.190. The molecule has 3 rings (SSSR count). The molecule has 0 spiro atoms. The molecule has 0 aliphatic heterocycles. The Balaban J connectivity index is 1.74. The number of carbonyl (C=O) groups is 2. The number of esters is 1. The van der Waals surface area contributed by atoms with Crippen LogP contribution in [-0.2, 0) is 16.0 Å². The Morgan fingerprint density at radius 2 is 1.86 bits per heavy atom. The number of oxazole rings is 1. The summed E-state index contributed by atoms with van der Waals surface area (Å²) in [5.74, 6) is -0.402. The summed E-state index contributed by atoms with van der Waals surface area (Å²) in [5.41, 5.74) is 1.72. The second kappa shape index (κ2) is 8.47. The standard InChI is InChI=1S/C21H19FN2O4/c1-3-27-21(26)16-6-4-5-7-17(16)23-19(25)12-18-13(2)28-20(24-18)14-8-10-15(22)11-9-14/h4-11H,3,12H2,1-2H3,(H,23,25). The second-order valence-corrected chi connectivity index (χ2v) is 6.02. The van der Waals surface area contributed by atoms with Crippen molar-refractivity contribution in [3.05, 3.63) is 71.4 Å². The molecule has 0 bridgehead atoms. The molecular weight excluding hydrogens is 363 g/mol. The third-order valence-corrected chi connectivity index (χ3v) is 4.01. The Kier molecular flexibility index (Phi) is 5.84. The van der Waals surface area contributed by atoms with Crippen LogP contribution in [0, 0.1) is 12.7 Å². The smallest absolute Gasteiger partial charge is 0.340 e. The quantitative estimate of drug-likeness (QED) is 0.648. The van der Waals surface area contributed by atoms with Crippen LogP contribution in [-0.4, -0.2) is 23.5 Å². The van der Waals surface area contributed by atoms with Crippen LogP contribution in [0.2, 0.25) is 0 Å². The Hall–Kier alpha value is -3.48. The zero-order valence-electron chi connectivity index (χ0n) is 15.5. The van der Waals surface area contributed by atoms with Gasteiger partial charge in [-0.2, -0.15) is 0 Å². The van der Waals surface area contributed by atoms with Crippen LogP contribution in [0.4, 0.5) is 10.1 Å². The van der Waals surface area contributed by atoms with Gasteiger partial charge < -0.3 is 14.5 Å². The fourth-order valence-corrected chi connectivity index (χ4v) is 2.63. The van der Waals surface area contributed by atoms with Crippen LogP contribution >= 0.6 is 0 Å². The molecule has 6 nitrogen and oxygen atoms in total. The third-order valence-electron chi connectivity index (χ3n) is 4.01. The molecule has 0 saturated heterocycles. The van der Waals surface area contributed by atoms with Crippen molar-refractivity contribution in [2.45, 2.75) is 20.3 Å². The summed E-state index contributed by atoms with van der Waals surface area (Å²) in [6.45, 7) is 3.66. The van der Waals surface area contributed by atoms with E-state index in [9.17, 15) is 14.0 Å². The largest absolute Gasteiger partial charge is 0.462 e. The van der Waals surface area contributed by atoms with Gasteiger partial charge in [-0.3, -0.25) is 4.79 Å². The summed E-state index contributed by atoms with van der Waals surface area (Å²) < 4.78 is 23.7. The van der Waals surface area contributed by atoms with E-state index in [1.165, 1.54) is 12.1 Å². The molecule has 0 aliphatic carbocycles. The van der Waals surface area contributed by atoms with Gasteiger partial charge in [-0.1, -0.05) is 12.1 Å². The lowest BCUT2D eigenvalue weighted by molar-refractivity contribution is -0.115. The van der Waals surface area contributed by atoms with Crippen LogP contribution in [0.5, 0.6) is 0 Å². The lowest BCUT2D eigenvalue weighted by Gasteiger charge is -2.09. The number of rotatable bonds is 6. The lowest BCUT2D eigenvalue weighted by Crippen LogP contribution is -2.18. The first kappa shape index (κ1) is 19.3. The molecule has 0 aliphatic rings. The van der Waals surface area contributed by atoms with Crippen molar-refractivity contribution in [1.82, 2.24) is 4.98 Å². The van der Waals surface area contributed by atoms with Gasteiger partial charge in [-0.15, -0.1) is 0 Å². The Morgan fingerprint density at radius 3 is 2.57 bits per heavy atom. The lowest BCUT2D eigenvalue weighted by atomic mass is 10.1. The minimum Gasteiger partial charge on any atom is -0.462 e. The van der Waals surface area contributed by atoms with Crippen molar-refractivity contribution < 1.29 is 23.1 Å². The molecular formula is C21H19FN2O4. The molecule has 0 fully saturated rings. The number of ether oxygens (including phenoxy) is 1. The zero-order valence-corrected chi connectivity index (χ0v) is 15.5. The summed E-state index contributed by atoms with van der Waals surface area (Å²) >= 11 is 0. The molecule has 144 valence electrons. The molecule has 28 heavy (non-hydrogen) atoms. The third kappa shape index (κ3) is 4.43. The molecule has 1 aromatic heterocycles. The summed E-state index contributed by atoms with van der Waals surface area (Å²) in [6.07, 6.45) is -0.0340. The summed E-state index contributed by atoms with van der Waals surface area (Å²) in [4.78, 5) is 28.8. The van der Waals surface area contributed by atoms with Gasteiger partial charge in [0.2, 0.25) is 11.8 Å². The molecule has 1 N–H and O–H groups in total. The number of amides is 1. The maximum Gasteiger partial charge on any atom is 0.340 e. The second-order valence-electron chi connectivity index (χ2n) is 6.02. The van der Waals surface area contributed by atoms with Gasteiger partial charge in [0.1, 0.15) is 11.6 Å². The zero-order chi connectivity index (χ0) is 20.1. The van der Waals surface area contributed by atoms with E-state index in [-0.39, 0.29) is 30.3 Å². The molecule has 0 saturated carbocycles. The maximum atomic E-state index is 13.1. The molecule has 2 aromatic carbocycles. The first-order chi connectivity index (χ1) is 13.5. The number of nitrogens with one attached hydrogen (secondary N) is 1. The van der Waals surface area contributed by atoms with E-state index in [0.29, 0.717) is 28.6 Å². The average Bonchev–Trinajstić information content (AvgIpc) is 3.03. The van der Waals surface area contributed by atoms with Crippen molar-refractivity contribution in [3.63, 3.8) is 0 Å². The van der Waals surface area contributed by atoms with E-state index in [1.807, 2.05) is 0 Å². The number of hydrogen-bond acceptors (Lipinski definition) is 5. The van der Waals surface area contributed by atoms with E-state index < -0.39 is 5.97 Å². The van der Waals surface area contributed by atoms with Gasteiger partial charge in [-0.05, 0) is 50.2 Å². The Morgan fingerprint density at radius 1 is 1.14 bits per heavy atom. The van der Waals surface area contributed by atoms with Crippen molar-refractivity contribution in [1.29, 1.82) is 0 Å². The normalized spacial score (nSPS) is 10.5. The van der Waals surface area contributed by atoms with Crippen molar-refractivity contribution in [2.75, 3.05) is 11.9 Å². The molecule has 3 aromatic rings. The number of hydrogen-bond donors (Lipinski definition) is 1. The van der Waals surface area contributed by atoms with E-state index in [1.54, 1.807) is 50.2 Å². The Labute approximate surface area is 161 Å². The first-order valence-electron chi connectivity index (χ1n) is 8.76. The van der Waals surface area contributed by atoms with Crippen LogP contribution < -0.4 is 5.32 Å². The SMILES string of the molecule is CCOC(=O)c1ccccc1NC(=O)Cc1nc(-c2ccc(F)cc2)oc1C. The molecule has 0 atom stereocenters. The minimum absolute atomic E-state index is 0.0340. The monoisotopic (exact) mass is 382 g/mol. The van der Waals surface area contributed by atoms with Crippen LogP contribution in [0.3, 0.4) is 0 Å². The number of aromatic nitrogens is 1. The van der Waals surface area contributed by atoms with Crippen molar-refractivity contribution in [3.8, 4) is 11.5 Å². The van der Waals surface area contributed by atoms with Gasteiger partial charge in [0.25, 0.3) is 0 Å². The molecule has 0 radical (unpaired) electrons. The molecule has 0 unspecified atom stereocenters. The van der Waals surface area contributed by atoms with E-state index >= 15 is 0 Å². The minimum atomic E-state index is -0.505. The predicted molar refractivity (Wildman–Crippen MR) is 101 cm³/mol. The number of nitrogens with zero attached hydrogens (tertiary/aromatic N) is 1. The highest BCUT2D eigenvalue weighted by Crippen LogP contribution is 2.23. The number of aryl methyl sites for hydroxylation is 1. The molecule has 1 amide bonds. The van der Waals surface area contributed by atoms with Crippen LogP contribution in [0.15, 0.2) is 52.9 Å². The summed E-state index contributed by atoms with van der Waals surface area (Å²) in [6, 6.07) is 12.4. The first-order valence-corrected chi connectivity index (χ1v) is 8.76.